The maximum Gasteiger partial charge on any atom is 0.257 e. The van der Waals surface area contributed by atoms with Crippen molar-refractivity contribution in [2.75, 3.05) is 19.8 Å². The highest BCUT2D eigenvalue weighted by Gasteiger charge is 2.24. The number of carbonyl (C=O) groups excluding carboxylic acids is 1. The Hall–Kier alpha value is -2.51. The van der Waals surface area contributed by atoms with Gasteiger partial charge in [-0.3, -0.25) is 4.79 Å². The molecule has 3 rings (SSSR count). The number of hydrogen-bond acceptors (Lipinski definition) is 5. The third-order valence-electron chi connectivity index (χ3n) is 4.02. The molecule has 2 aromatic heterocycles. The fraction of sp³-hybridized carbons (Fsp3) is 0.222. The third kappa shape index (κ3) is 3.40. The van der Waals surface area contributed by atoms with E-state index in [0.717, 1.165) is 0 Å². The Morgan fingerprint density at radius 3 is 2.74 bits per heavy atom. The summed E-state index contributed by atoms with van der Waals surface area (Å²) in [4.78, 5) is 17.8. The smallest absolute Gasteiger partial charge is 0.257 e. The first kappa shape index (κ1) is 19.3. The molecule has 0 bridgehead atoms. The summed E-state index contributed by atoms with van der Waals surface area (Å²) < 4.78 is 25.2. The largest absolute Gasteiger partial charge is 0.478 e. The number of carbonyl (C=O) groups is 1. The van der Waals surface area contributed by atoms with E-state index in [1.165, 1.54) is 29.5 Å². The Balaban J connectivity index is 2.06. The molecule has 3 aromatic rings. The van der Waals surface area contributed by atoms with Gasteiger partial charge in [-0.1, -0.05) is 23.2 Å². The molecule has 6 nitrogen and oxygen atoms in total. The Bertz CT molecular complexity index is 1040. The van der Waals surface area contributed by atoms with Crippen molar-refractivity contribution >= 4 is 45.9 Å². The highest BCUT2D eigenvalue weighted by atomic mass is 35.5. The summed E-state index contributed by atoms with van der Waals surface area (Å²) in [6.45, 7) is 1.64. The fourth-order valence-corrected chi connectivity index (χ4v) is 3.33. The van der Waals surface area contributed by atoms with E-state index >= 15 is 0 Å². The van der Waals surface area contributed by atoms with Crippen molar-refractivity contribution in [3.63, 3.8) is 0 Å². The average molecular weight is 412 g/mol. The van der Waals surface area contributed by atoms with Crippen LogP contribution in [0, 0.1) is 5.82 Å². The molecule has 0 aliphatic carbocycles. The van der Waals surface area contributed by atoms with Crippen LogP contribution in [0.25, 0.3) is 11.0 Å². The van der Waals surface area contributed by atoms with E-state index in [1.54, 1.807) is 21.0 Å². The van der Waals surface area contributed by atoms with Gasteiger partial charge >= 0.3 is 0 Å². The van der Waals surface area contributed by atoms with E-state index in [9.17, 15) is 9.18 Å². The van der Waals surface area contributed by atoms with Gasteiger partial charge in [-0.05, 0) is 19.1 Å². The summed E-state index contributed by atoms with van der Waals surface area (Å²) in [5.41, 5.74) is 6.78. The van der Waals surface area contributed by atoms with Crippen molar-refractivity contribution in [1.29, 1.82) is 0 Å². The number of halogens is 3. The third-order valence-corrected chi connectivity index (χ3v) is 4.73. The first-order valence-electron chi connectivity index (χ1n) is 7.89. The number of fused-ring (bicyclic) bond motifs is 1. The Morgan fingerprint density at radius 1 is 1.37 bits per heavy atom. The molecule has 1 aromatic carbocycles. The minimum Gasteiger partial charge on any atom is -0.478 e. The number of rotatable bonds is 4. The molecule has 0 fully saturated rings. The summed E-state index contributed by atoms with van der Waals surface area (Å²) in [6, 6.07) is 2.56. The molecule has 1 atom stereocenters. The maximum absolute atomic E-state index is 13.8. The van der Waals surface area contributed by atoms with Gasteiger partial charge in [0.15, 0.2) is 11.4 Å². The zero-order valence-corrected chi connectivity index (χ0v) is 16.2. The minimum absolute atomic E-state index is 0.0520. The Morgan fingerprint density at radius 2 is 2.07 bits per heavy atom. The standard InChI is InChI=1S/C18H16Cl2FN3O3/c1-8(13-11(19)4-5-12(21)14(13)20)27-16-15-9(6-23-17(16)22)10(7-26-15)18(25)24(2)3/h4-8H,1-3H3,(H2,22,23)/t8-/m1/s1. The van der Waals surface area contributed by atoms with Gasteiger partial charge in [0.1, 0.15) is 18.2 Å². The number of aromatic nitrogens is 1. The molecule has 2 N–H and O–H groups in total. The number of pyridine rings is 1. The van der Waals surface area contributed by atoms with E-state index in [1.807, 2.05) is 0 Å². The molecule has 0 unspecified atom stereocenters. The molecule has 9 heteroatoms. The van der Waals surface area contributed by atoms with Crippen LogP contribution in [0.15, 0.2) is 29.0 Å². The molecule has 0 saturated heterocycles. The lowest BCUT2D eigenvalue weighted by Gasteiger charge is -2.19. The summed E-state index contributed by atoms with van der Waals surface area (Å²) in [5.74, 6) is -0.700. The van der Waals surface area contributed by atoms with E-state index in [0.29, 0.717) is 10.9 Å². The van der Waals surface area contributed by atoms with E-state index in [4.69, 9.17) is 38.1 Å². The van der Waals surface area contributed by atoms with Crippen molar-refractivity contribution < 1.29 is 18.3 Å². The number of furan rings is 1. The lowest BCUT2D eigenvalue weighted by atomic mass is 10.1. The zero-order valence-electron chi connectivity index (χ0n) is 14.7. The number of nitrogen functional groups attached to an aromatic ring is 1. The van der Waals surface area contributed by atoms with Crippen molar-refractivity contribution in [1.82, 2.24) is 9.88 Å². The number of ether oxygens (including phenoxy) is 1. The predicted molar refractivity (Wildman–Crippen MR) is 102 cm³/mol. The van der Waals surface area contributed by atoms with Crippen LogP contribution in [0.5, 0.6) is 5.75 Å². The van der Waals surface area contributed by atoms with E-state index in [-0.39, 0.29) is 38.7 Å². The lowest BCUT2D eigenvalue weighted by Crippen LogP contribution is -2.21. The number of nitrogens with two attached hydrogens (primary N) is 1. The van der Waals surface area contributed by atoms with E-state index in [2.05, 4.69) is 4.98 Å². The molecule has 0 radical (unpaired) electrons. The molecule has 1 amide bonds. The second-order valence-corrected chi connectivity index (χ2v) is 6.87. The quantitative estimate of drug-likeness (QED) is 0.629. The predicted octanol–water partition coefficient (Wildman–Crippen LogP) is 4.70. The maximum atomic E-state index is 13.8. The van der Waals surface area contributed by atoms with Crippen LogP contribution in [0.1, 0.15) is 28.9 Å². The van der Waals surface area contributed by atoms with Crippen molar-refractivity contribution in [2.45, 2.75) is 13.0 Å². The van der Waals surface area contributed by atoms with Crippen molar-refractivity contribution in [3.05, 3.63) is 51.6 Å². The van der Waals surface area contributed by atoms with Crippen LogP contribution in [0.2, 0.25) is 10.0 Å². The summed E-state index contributed by atoms with van der Waals surface area (Å²) in [5, 5.41) is 0.550. The molecular weight excluding hydrogens is 396 g/mol. The fourth-order valence-electron chi connectivity index (χ4n) is 2.65. The van der Waals surface area contributed by atoms with Gasteiger partial charge in [0.2, 0.25) is 5.75 Å². The summed E-state index contributed by atoms with van der Waals surface area (Å²) >= 11 is 12.2. The molecule has 142 valence electrons. The molecule has 0 aliphatic heterocycles. The molecule has 2 heterocycles. The van der Waals surface area contributed by atoms with Gasteiger partial charge in [0.25, 0.3) is 5.91 Å². The first-order chi connectivity index (χ1) is 12.7. The average Bonchev–Trinajstić information content (AvgIpc) is 3.04. The SMILES string of the molecule is C[C@@H](Oc1c(N)ncc2c(C(=O)N(C)C)coc12)c1c(Cl)ccc(F)c1Cl. The lowest BCUT2D eigenvalue weighted by molar-refractivity contribution is 0.0828. The monoisotopic (exact) mass is 411 g/mol. The van der Waals surface area contributed by atoms with Crippen molar-refractivity contribution in [2.24, 2.45) is 0 Å². The second kappa shape index (κ2) is 7.25. The van der Waals surface area contributed by atoms with Crippen LogP contribution in [-0.2, 0) is 0 Å². The molecule has 0 spiro atoms. The van der Waals surface area contributed by atoms with Gasteiger partial charge in [-0.25, -0.2) is 9.37 Å². The van der Waals surface area contributed by atoms with Gasteiger partial charge in [-0.2, -0.15) is 0 Å². The molecular formula is C18H16Cl2FN3O3. The summed E-state index contributed by atoms with van der Waals surface area (Å²) in [6.07, 6.45) is 1.99. The number of hydrogen-bond donors (Lipinski definition) is 1. The van der Waals surface area contributed by atoms with Crippen LogP contribution in [0.4, 0.5) is 10.2 Å². The highest BCUT2D eigenvalue weighted by Crippen LogP contribution is 2.39. The van der Waals surface area contributed by atoms with E-state index < -0.39 is 11.9 Å². The second-order valence-electron chi connectivity index (χ2n) is 6.08. The van der Waals surface area contributed by atoms with Gasteiger partial charge in [0.05, 0.1) is 16.0 Å². The van der Waals surface area contributed by atoms with Crippen molar-refractivity contribution in [3.8, 4) is 5.75 Å². The first-order valence-corrected chi connectivity index (χ1v) is 8.65. The number of nitrogens with zero attached hydrogens (tertiary/aromatic N) is 2. The van der Waals surface area contributed by atoms with Crippen LogP contribution < -0.4 is 10.5 Å². The molecule has 27 heavy (non-hydrogen) atoms. The minimum atomic E-state index is -0.756. The number of anilines is 1. The topological polar surface area (TPSA) is 81.6 Å². The van der Waals surface area contributed by atoms with Crippen LogP contribution in [-0.4, -0.2) is 29.9 Å². The van der Waals surface area contributed by atoms with Gasteiger partial charge < -0.3 is 19.8 Å². The van der Waals surface area contributed by atoms with Crippen LogP contribution in [0.3, 0.4) is 0 Å². The van der Waals surface area contributed by atoms with Gasteiger partial charge in [-0.15, -0.1) is 0 Å². The van der Waals surface area contributed by atoms with Gasteiger partial charge in [0, 0.05) is 30.9 Å². The Labute approximate surface area is 164 Å². The highest BCUT2D eigenvalue weighted by molar-refractivity contribution is 6.36. The van der Waals surface area contributed by atoms with Crippen LogP contribution >= 0.6 is 23.2 Å². The number of benzene rings is 1. The normalized spacial score (nSPS) is 12.2. The molecule has 0 saturated carbocycles. The number of amides is 1. The zero-order chi connectivity index (χ0) is 19.9. The summed E-state index contributed by atoms with van der Waals surface area (Å²) in [7, 11) is 3.25. The molecule has 0 aliphatic rings. The Kier molecular flexibility index (Phi) is 5.17.